The lowest BCUT2D eigenvalue weighted by Crippen LogP contribution is -2.36. The topological polar surface area (TPSA) is 71.0 Å². The number of nitrogens with one attached hydrogen (secondary N) is 1. The Morgan fingerprint density at radius 2 is 2.11 bits per heavy atom. The first-order chi connectivity index (χ1) is 13.5. The normalized spacial score (nSPS) is 18.1. The van der Waals surface area contributed by atoms with Crippen molar-refractivity contribution < 1.29 is 14.3 Å². The maximum absolute atomic E-state index is 12.6. The second-order valence-corrected chi connectivity index (χ2v) is 7.32. The number of rotatable bonds is 10. The molecule has 0 aliphatic carbocycles. The van der Waals surface area contributed by atoms with Gasteiger partial charge >= 0.3 is 0 Å². The van der Waals surface area contributed by atoms with Crippen molar-refractivity contribution in [2.45, 2.75) is 26.7 Å². The number of halogens is 2. The first-order valence-electron chi connectivity index (χ1n) is 9.60. The minimum absolute atomic E-state index is 0.157. The van der Waals surface area contributed by atoms with Gasteiger partial charge in [-0.05, 0) is 44.4 Å². The summed E-state index contributed by atoms with van der Waals surface area (Å²) >= 11 is 11.9. The molecule has 1 aliphatic heterocycles. The molecule has 1 fully saturated rings. The van der Waals surface area contributed by atoms with Crippen LogP contribution in [0.5, 0.6) is 0 Å². The molecule has 1 saturated heterocycles. The van der Waals surface area contributed by atoms with Crippen molar-refractivity contribution in [2.75, 3.05) is 39.4 Å². The first-order valence-corrected chi connectivity index (χ1v) is 10.4. The van der Waals surface area contributed by atoms with Crippen LogP contribution >= 0.6 is 23.2 Å². The lowest BCUT2D eigenvalue weighted by molar-refractivity contribution is -0.123. The molecule has 0 saturated carbocycles. The summed E-state index contributed by atoms with van der Waals surface area (Å²) in [5, 5.41) is 3.99. The van der Waals surface area contributed by atoms with Gasteiger partial charge in [-0.1, -0.05) is 29.3 Å². The van der Waals surface area contributed by atoms with Gasteiger partial charge in [0.15, 0.2) is 0 Å². The largest absolute Gasteiger partial charge is 0.380 e. The Morgan fingerprint density at radius 3 is 2.79 bits per heavy atom. The third kappa shape index (κ3) is 6.19. The number of benzene rings is 1. The minimum atomic E-state index is -0.529. The average Bonchev–Trinajstić information content (AvgIpc) is 3.01. The summed E-state index contributed by atoms with van der Waals surface area (Å²) < 4.78 is 5.26. The van der Waals surface area contributed by atoms with Gasteiger partial charge in [0.05, 0.1) is 23.2 Å². The summed E-state index contributed by atoms with van der Waals surface area (Å²) in [6, 6.07) is 5.53. The smallest absolute Gasteiger partial charge is 0.268 e. The zero-order chi connectivity index (χ0) is 20.5. The van der Waals surface area contributed by atoms with Gasteiger partial charge in [0.25, 0.3) is 5.91 Å². The van der Waals surface area contributed by atoms with E-state index < -0.39 is 5.92 Å². The highest BCUT2D eigenvalue weighted by Gasteiger charge is 2.39. The van der Waals surface area contributed by atoms with Crippen LogP contribution < -0.4 is 5.32 Å². The Bertz CT molecular complexity index is 725. The molecule has 0 aromatic heterocycles. The lowest BCUT2D eigenvalue weighted by atomic mass is 10.1. The van der Waals surface area contributed by atoms with Crippen molar-refractivity contribution in [1.29, 1.82) is 0 Å². The molecule has 0 bridgehead atoms. The third-order valence-electron chi connectivity index (χ3n) is 4.58. The van der Waals surface area contributed by atoms with Gasteiger partial charge in [0.2, 0.25) is 5.91 Å². The van der Waals surface area contributed by atoms with Crippen LogP contribution in [-0.2, 0) is 20.7 Å². The Hall–Kier alpha value is -1.63. The van der Waals surface area contributed by atoms with Crippen LogP contribution in [-0.4, -0.2) is 61.8 Å². The van der Waals surface area contributed by atoms with Gasteiger partial charge in [-0.15, -0.1) is 0 Å². The Balaban J connectivity index is 1.87. The van der Waals surface area contributed by atoms with E-state index >= 15 is 0 Å². The highest BCUT2D eigenvalue weighted by Crippen LogP contribution is 2.23. The second-order valence-electron chi connectivity index (χ2n) is 6.50. The molecule has 1 heterocycles. The minimum Gasteiger partial charge on any atom is -0.380 e. The molecule has 1 atom stereocenters. The SMILES string of the molecule is CCOCCN=C1C(=O)N(CC)CC1C(=O)NCCCc1ccc(Cl)c(Cl)c1. The molecule has 0 spiro atoms. The van der Waals surface area contributed by atoms with E-state index in [4.69, 9.17) is 27.9 Å². The fraction of sp³-hybridized carbons (Fsp3) is 0.550. The fourth-order valence-electron chi connectivity index (χ4n) is 3.06. The maximum atomic E-state index is 12.6. The summed E-state index contributed by atoms with van der Waals surface area (Å²) in [5.41, 5.74) is 1.40. The van der Waals surface area contributed by atoms with Crippen LogP contribution in [0.2, 0.25) is 10.0 Å². The number of likely N-dealkylation sites (tertiary alicyclic amines) is 1. The fourth-order valence-corrected chi connectivity index (χ4v) is 3.38. The molecule has 1 N–H and O–H groups in total. The number of carbonyl (C=O) groups excluding carboxylic acids is 2. The van der Waals surface area contributed by atoms with Gasteiger partial charge in [0, 0.05) is 26.2 Å². The number of hydrogen-bond acceptors (Lipinski definition) is 4. The monoisotopic (exact) mass is 427 g/mol. The molecule has 2 amide bonds. The van der Waals surface area contributed by atoms with Gasteiger partial charge < -0.3 is 15.0 Å². The standard InChI is InChI=1S/C20H27Cl2N3O3/c1-3-25-13-15(18(20(25)27)23-10-11-28-4-2)19(26)24-9-5-6-14-7-8-16(21)17(22)12-14/h7-8,12,15H,3-6,9-11,13H2,1-2H3,(H,24,26). The van der Waals surface area contributed by atoms with Crippen LogP contribution in [0.1, 0.15) is 25.8 Å². The van der Waals surface area contributed by atoms with E-state index in [1.54, 1.807) is 11.0 Å². The molecule has 0 radical (unpaired) electrons. The number of amides is 2. The van der Waals surface area contributed by atoms with Crippen LogP contribution in [0.15, 0.2) is 23.2 Å². The van der Waals surface area contributed by atoms with Gasteiger partial charge in [-0.25, -0.2) is 0 Å². The van der Waals surface area contributed by atoms with E-state index in [0.717, 1.165) is 18.4 Å². The van der Waals surface area contributed by atoms with Gasteiger partial charge in [0.1, 0.15) is 11.6 Å². The van der Waals surface area contributed by atoms with Crippen molar-refractivity contribution in [3.8, 4) is 0 Å². The molecule has 1 aromatic carbocycles. The molecular formula is C20H27Cl2N3O3. The molecule has 28 heavy (non-hydrogen) atoms. The van der Waals surface area contributed by atoms with Crippen LogP contribution in [0, 0.1) is 5.92 Å². The number of aryl methyl sites for hydroxylation is 1. The van der Waals surface area contributed by atoms with E-state index in [1.807, 2.05) is 26.0 Å². The summed E-state index contributed by atoms with van der Waals surface area (Å²) in [7, 11) is 0. The Labute approximate surface area is 176 Å². The second kappa shape index (κ2) is 11.4. The molecule has 1 aromatic rings. The summed E-state index contributed by atoms with van der Waals surface area (Å²) in [5.74, 6) is -0.845. The molecule has 2 rings (SSSR count). The van der Waals surface area contributed by atoms with Crippen molar-refractivity contribution in [3.05, 3.63) is 33.8 Å². The molecule has 6 nitrogen and oxygen atoms in total. The molecular weight excluding hydrogens is 401 g/mol. The van der Waals surface area contributed by atoms with E-state index in [9.17, 15) is 9.59 Å². The van der Waals surface area contributed by atoms with Gasteiger partial charge in [-0.3, -0.25) is 14.6 Å². The van der Waals surface area contributed by atoms with E-state index in [-0.39, 0.29) is 11.8 Å². The lowest BCUT2D eigenvalue weighted by Gasteiger charge is -2.13. The maximum Gasteiger partial charge on any atom is 0.268 e. The number of aliphatic imine (C=N–C) groups is 1. The highest BCUT2D eigenvalue weighted by molar-refractivity contribution is 6.45. The molecule has 1 unspecified atom stereocenters. The summed E-state index contributed by atoms with van der Waals surface area (Å²) in [6.07, 6.45) is 1.54. The van der Waals surface area contributed by atoms with Crippen LogP contribution in [0.25, 0.3) is 0 Å². The zero-order valence-corrected chi connectivity index (χ0v) is 17.9. The van der Waals surface area contributed by atoms with Crippen molar-refractivity contribution in [1.82, 2.24) is 10.2 Å². The average molecular weight is 428 g/mol. The number of hydrogen-bond donors (Lipinski definition) is 1. The van der Waals surface area contributed by atoms with Crippen molar-refractivity contribution in [3.63, 3.8) is 0 Å². The number of nitrogens with zero attached hydrogens (tertiary/aromatic N) is 2. The first kappa shape index (κ1) is 22.7. The molecule has 1 aliphatic rings. The van der Waals surface area contributed by atoms with E-state index in [2.05, 4.69) is 10.3 Å². The zero-order valence-electron chi connectivity index (χ0n) is 16.3. The Morgan fingerprint density at radius 1 is 1.32 bits per heavy atom. The summed E-state index contributed by atoms with van der Waals surface area (Å²) in [6.45, 7) is 6.68. The predicted octanol–water partition coefficient (Wildman–Crippen LogP) is 3.00. The van der Waals surface area contributed by atoms with Crippen molar-refractivity contribution in [2.24, 2.45) is 10.9 Å². The predicted molar refractivity (Wildman–Crippen MR) is 112 cm³/mol. The summed E-state index contributed by atoms with van der Waals surface area (Å²) in [4.78, 5) is 31.1. The third-order valence-corrected chi connectivity index (χ3v) is 5.32. The van der Waals surface area contributed by atoms with E-state index in [1.165, 1.54) is 0 Å². The Kier molecular flexibility index (Phi) is 9.22. The number of ether oxygens (including phenoxy) is 1. The van der Waals surface area contributed by atoms with E-state index in [0.29, 0.717) is 55.1 Å². The molecule has 8 heteroatoms. The van der Waals surface area contributed by atoms with Crippen LogP contribution in [0.4, 0.5) is 0 Å². The molecule has 154 valence electrons. The highest BCUT2D eigenvalue weighted by atomic mass is 35.5. The quantitative estimate of drug-likeness (QED) is 0.583. The van der Waals surface area contributed by atoms with Crippen molar-refractivity contribution >= 4 is 40.7 Å². The number of carbonyl (C=O) groups is 2. The van der Waals surface area contributed by atoms with Gasteiger partial charge in [-0.2, -0.15) is 0 Å². The van der Waals surface area contributed by atoms with Crippen LogP contribution in [0.3, 0.4) is 0 Å².